The van der Waals surface area contributed by atoms with E-state index in [0.717, 1.165) is 4.90 Å². The number of rotatable bonds is 4. The molecule has 0 bridgehead atoms. The van der Waals surface area contributed by atoms with Crippen molar-refractivity contribution in [1.82, 2.24) is 4.90 Å². The van der Waals surface area contributed by atoms with Crippen LogP contribution in [0.3, 0.4) is 0 Å². The molecule has 0 radical (unpaired) electrons. The molecule has 1 heterocycles. The van der Waals surface area contributed by atoms with Crippen LogP contribution in [0.15, 0.2) is 12.2 Å². The van der Waals surface area contributed by atoms with Crippen LogP contribution >= 0.6 is 0 Å². The summed E-state index contributed by atoms with van der Waals surface area (Å²) >= 11 is 0. The molecule has 1 rings (SSSR count). The molecule has 0 fully saturated rings. The van der Waals surface area contributed by atoms with E-state index in [-0.39, 0.29) is 18.4 Å². The normalized spacial score (nSPS) is 17.0. The summed E-state index contributed by atoms with van der Waals surface area (Å²) in [6.45, 7) is 1.73. The van der Waals surface area contributed by atoms with Crippen LogP contribution in [-0.4, -0.2) is 40.6 Å². The van der Waals surface area contributed by atoms with E-state index in [2.05, 4.69) is 4.74 Å². The maximum absolute atomic E-state index is 11.1. The number of carbonyl (C=O) groups is 3. The van der Waals surface area contributed by atoms with Gasteiger partial charge >= 0.3 is 6.16 Å². The number of hydrogen-bond donors (Lipinski definition) is 1. The first-order valence-electron chi connectivity index (χ1n) is 4.44. The Bertz CT molecular complexity index is 304. The molecule has 1 N–H and O–H groups in total. The Labute approximate surface area is 86.1 Å². The van der Waals surface area contributed by atoms with Crippen molar-refractivity contribution in [3.63, 3.8) is 0 Å². The quantitative estimate of drug-likeness (QED) is 0.539. The Morgan fingerprint density at radius 2 is 2.00 bits per heavy atom. The van der Waals surface area contributed by atoms with Gasteiger partial charge in [0.2, 0.25) is 0 Å². The number of amides is 2. The average Bonchev–Trinajstić information content (AvgIpc) is 2.42. The van der Waals surface area contributed by atoms with Crippen LogP contribution in [0, 0.1) is 0 Å². The highest BCUT2D eigenvalue weighted by atomic mass is 16.7. The monoisotopic (exact) mass is 213 g/mol. The number of hydrogen-bond acceptors (Lipinski definition) is 4. The molecule has 2 amide bonds. The van der Waals surface area contributed by atoms with Gasteiger partial charge in [0.1, 0.15) is 6.10 Å². The van der Waals surface area contributed by atoms with E-state index in [1.165, 1.54) is 12.2 Å². The molecule has 0 saturated heterocycles. The van der Waals surface area contributed by atoms with Crippen LogP contribution in [0.5, 0.6) is 0 Å². The van der Waals surface area contributed by atoms with Gasteiger partial charge in [0.15, 0.2) is 0 Å². The second-order valence-corrected chi connectivity index (χ2v) is 3.14. The van der Waals surface area contributed by atoms with E-state index in [1.807, 2.05) is 0 Å². The zero-order chi connectivity index (χ0) is 11.4. The molecular weight excluding hydrogens is 202 g/mol. The Balaban J connectivity index is 2.34. The van der Waals surface area contributed by atoms with Crippen molar-refractivity contribution in [2.45, 2.75) is 19.4 Å². The fourth-order valence-corrected chi connectivity index (χ4v) is 1.19. The predicted molar refractivity (Wildman–Crippen MR) is 49.0 cm³/mol. The standard InChI is InChI=1S/C9H11NO5/c1-6(15-9(13)14)4-5-10-7(11)2-3-8(10)12/h2-3,6H,4-5H2,1H3,(H,13,14). The van der Waals surface area contributed by atoms with Crippen molar-refractivity contribution in [3.8, 4) is 0 Å². The number of imide groups is 1. The van der Waals surface area contributed by atoms with Gasteiger partial charge < -0.3 is 9.84 Å². The van der Waals surface area contributed by atoms with Gasteiger partial charge in [0.25, 0.3) is 11.8 Å². The fraction of sp³-hybridized carbons (Fsp3) is 0.444. The molecule has 0 aliphatic carbocycles. The average molecular weight is 213 g/mol. The molecule has 0 aromatic rings. The van der Waals surface area contributed by atoms with Crippen LogP contribution < -0.4 is 0 Å². The van der Waals surface area contributed by atoms with Crippen molar-refractivity contribution in [1.29, 1.82) is 0 Å². The molecule has 6 heteroatoms. The number of nitrogens with zero attached hydrogens (tertiary/aromatic N) is 1. The highest BCUT2D eigenvalue weighted by molar-refractivity contribution is 6.12. The van der Waals surface area contributed by atoms with Crippen molar-refractivity contribution < 1.29 is 24.2 Å². The minimum absolute atomic E-state index is 0.166. The van der Waals surface area contributed by atoms with Gasteiger partial charge in [-0.25, -0.2) is 4.79 Å². The molecule has 0 saturated carbocycles. The van der Waals surface area contributed by atoms with Crippen LogP contribution in [0.1, 0.15) is 13.3 Å². The molecule has 1 atom stereocenters. The first-order valence-corrected chi connectivity index (χ1v) is 4.44. The van der Waals surface area contributed by atoms with Gasteiger partial charge in [-0.15, -0.1) is 0 Å². The van der Waals surface area contributed by atoms with Gasteiger partial charge in [-0.1, -0.05) is 0 Å². The van der Waals surface area contributed by atoms with Crippen molar-refractivity contribution in [3.05, 3.63) is 12.2 Å². The summed E-state index contributed by atoms with van der Waals surface area (Å²) in [5.74, 6) is -0.745. The Hall–Kier alpha value is -1.85. The second-order valence-electron chi connectivity index (χ2n) is 3.14. The first kappa shape index (κ1) is 11.2. The molecular formula is C9H11NO5. The van der Waals surface area contributed by atoms with E-state index in [0.29, 0.717) is 6.42 Å². The molecule has 15 heavy (non-hydrogen) atoms. The van der Waals surface area contributed by atoms with E-state index in [9.17, 15) is 14.4 Å². The van der Waals surface area contributed by atoms with Crippen LogP contribution in [0.2, 0.25) is 0 Å². The Morgan fingerprint density at radius 3 is 2.47 bits per heavy atom. The summed E-state index contributed by atoms with van der Waals surface area (Å²) in [5, 5.41) is 8.30. The van der Waals surface area contributed by atoms with Gasteiger partial charge in [0, 0.05) is 25.1 Å². The maximum atomic E-state index is 11.1. The molecule has 1 aliphatic heterocycles. The van der Waals surface area contributed by atoms with Crippen molar-refractivity contribution in [2.24, 2.45) is 0 Å². The van der Waals surface area contributed by atoms with Gasteiger partial charge in [-0.3, -0.25) is 14.5 Å². The van der Waals surface area contributed by atoms with Crippen molar-refractivity contribution >= 4 is 18.0 Å². The molecule has 1 aliphatic rings. The van der Waals surface area contributed by atoms with E-state index < -0.39 is 12.3 Å². The molecule has 1 unspecified atom stereocenters. The smallest absolute Gasteiger partial charge is 0.450 e. The maximum Gasteiger partial charge on any atom is 0.506 e. The Morgan fingerprint density at radius 1 is 1.47 bits per heavy atom. The van der Waals surface area contributed by atoms with E-state index in [4.69, 9.17) is 5.11 Å². The van der Waals surface area contributed by atoms with Gasteiger partial charge in [-0.2, -0.15) is 0 Å². The molecule has 82 valence electrons. The summed E-state index contributed by atoms with van der Waals surface area (Å²) in [4.78, 5) is 33.4. The predicted octanol–water partition coefficient (Wildman–Crippen LogP) is 0.385. The first-order chi connectivity index (χ1) is 7.00. The fourth-order valence-electron chi connectivity index (χ4n) is 1.19. The number of carbonyl (C=O) groups excluding carboxylic acids is 2. The van der Waals surface area contributed by atoms with Gasteiger partial charge in [0.05, 0.1) is 0 Å². The zero-order valence-electron chi connectivity index (χ0n) is 8.17. The third-order valence-corrected chi connectivity index (χ3v) is 1.96. The van der Waals surface area contributed by atoms with Crippen LogP contribution in [0.4, 0.5) is 4.79 Å². The minimum Gasteiger partial charge on any atom is -0.450 e. The zero-order valence-corrected chi connectivity index (χ0v) is 8.17. The molecule has 6 nitrogen and oxygen atoms in total. The third kappa shape index (κ3) is 3.08. The SMILES string of the molecule is CC(CCN1C(=O)C=CC1=O)OC(=O)O. The third-order valence-electron chi connectivity index (χ3n) is 1.96. The highest BCUT2D eigenvalue weighted by Gasteiger charge is 2.23. The summed E-state index contributed by atoms with van der Waals surface area (Å²) < 4.78 is 4.43. The molecule has 0 aromatic carbocycles. The lowest BCUT2D eigenvalue weighted by Gasteiger charge is -2.16. The second kappa shape index (κ2) is 4.59. The summed E-state index contributed by atoms with van der Waals surface area (Å²) in [6.07, 6.45) is 0.769. The molecule has 0 aromatic heterocycles. The van der Waals surface area contributed by atoms with E-state index >= 15 is 0 Å². The van der Waals surface area contributed by atoms with Gasteiger partial charge in [-0.05, 0) is 6.92 Å². The minimum atomic E-state index is -1.36. The highest BCUT2D eigenvalue weighted by Crippen LogP contribution is 2.07. The summed E-state index contributed by atoms with van der Waals surface area (Å²) in [7, 11) is 0. The van der Waals surface area contributed by atoms with E-state index in [1.54, 1.807) is 6.92 Å². The lowest BCUT2D eigenvalue weighted by Crippen LogP contribution is -2.33. The Kier molecular flexibility index (Phi) is 3.43. The lowest BCUT2D eigenvalue weighted by atomic mass is 10.2. The molecule has 0 spiro atoms. The largest absolute Gasteiger partial charge is 0.506 e. The number of ether oxygens (including phenoxy) is 1. The summed E-state index contributed by atoms with van der Waals surface area (Å²) in [5.41, 5.74) is 0. The van der Waals surface area contributed by atoms with Crippen LogP contribution in [0.25, 0.3) is 0 Å². The lowest BCUT2D eigenvalue weighted by molar-refractivity contribution is -0.137. The van der Waals surface area contributed by atoms with Crippen LogP contribution in [-0.2, 0) is 14.3 Å². The summed E-state index contributed by atoms with van der Waals surface area (Å²) in [6, 6.07) is 0. The number of carboxylic acid groups (broad SMARTS) is 1. The van der Waals surface area contributed by atoms with Crippen molar-refractivity contribution in [2.75, 3.05) is 6.54 Å². The topological polar surface area (TPSA) is 83.9 Å².